The van der Waals surface area contributed by atoms with Crippen LogP contribution in [0.1, 0.15) is 22.8 Å². The number of hydrogen-bond acceptors (Lipinski definition) is 4. The van der Waals surface area contributed by atoms with Crippen molar-refractivity contribution in [3.8, 4) is 0 Å². The Bertz CT molecular complexity index is 817. The first-order valence-electron chi connectivity index (χ1n) is 6.93. The lowest BCUT2D eigenvalue weighted by Gasteiger charge is -2.34. The van der Waals surface area contributed by atoms with Crippen molar-refractivity contribution >= 4 is 26.2 Å². The van der Waals surface area contributed by atoms with Gasteiger partial charge in [0.2, 0.25) is 0 Å². The van der Waals surface area contributed by atoms with Crippen molar-refractivity contribution in [1.82, 2.24) is 0 Å². The van der Waals surface area contributed by atoms with Crippen LogP contribution < -0.4 is 0 Å². The Morgan fingerprint density at radius 2 is 1.48 bits per heavy atom. The molecule has 0 fully saturated rings. The molecule has 0 bridgehead atoms. The molecule has 0 heterocycles. The van der Waals surface area contributed by atoms with E-state index in [0.29, 0.717) is 0 Å². The predicted molar refractivity (Wildman–Crippen MR) is 85.5 cm³/mol. The molecule has 0 spiro atoms. The van der Waals surface area contributed by atoms with E-state index in [4.69, 9.17) is 0 Å². The van der Waals surface area contributed by atoms with Gasteiger partial charge in [0.15, 0.2) is 5.78 Å². The SMILES string of the molecule is CC(=O)c1ccccc1CS(C)(C)OS(=O)(=O)C(F)(F)C(F)(F)C(F)(F)F. The Kier molecular flexibility index (Phi) is 6.36. The fraction of sp³-hybridized carbons (Fsp3) is 0.500. The molecular weight excluding hydrogens is 429 g/mol. The molecule has 0 unspecified atom stereocenters. The minimum Gasteiger partial charge on any atom is -0.295 e. The molecule has 0 radical (unpaired) electrons. The standard InChI is InChI=1S/C14H15F7O4S2/c1-9(22)11-7-5-4-6-10(11)8-26(2,3)25-27(23,24)14(20,21)12(15,16)13(17,18)19/h4-7H,8H2,1-3H3. The molecular formula is C14H15F7O4S2. The minimum atomic E-state index is -6.86. The zero-order valence-corrected chi connectivity index (χ0v) is 15.7. The number of carbonyl (C=O) groups excluding carboxylic acids is 1. The Labute approximate surface area is 152 Å². The maximum atomic E-state index is 13.5. The highest BCUT2D eigenvalue weighted by molar-refractivity contribution is 8.31. The first-order chi connectivity index (χ1) is 11.9. The van der Waals surface area contributed by atoms with Crippen molar-refractivity contribution in [2.24, 2.45) is 0 Å². The van der Waals surface area contributed by atoms with Crippen LogP contribution in [-0.2, 0) is 19.5 Å². The molecule has 13 heteroatoms. The third-order valence-electron chi connectivity index (χ3n) is 3.21. The Morgan fingerprint density at radius 3 is 1.93 bits per heavy atom. The van der Waals surface area contributed by atoms with Gasteiger partial charge in [0.25, 0.3) is 0 Å². The lowest BCUT2D eigenvalue weighted by Crippen LogP contribution is -2.56. The summed E-state index contributed by atoms with van der Waals surface area (Å²) in [5.41, 5.74) is 0.276. The summed E-state index contributed by atoms with van der Waals surface area (Å²) in [6.45, 7) is 1.18. The van der Waals surface area contributed by atoms with E-state index in [1.54, 1.807) is 0 Å². The van der Waals surface area contributed by atoms with E-state index in [1.165, 1.54) is 31.2 Å². The zero-order valence-electron chi connectivity index (χ0n) is 14.1. The molecule has 4 nitrogen and oxygen atoms in total. The van der Waals surface area contributed by atoms with Crippen molar-refractivity contribution in [2.75, 3.05) is 12.5 Å². The van der Waals surface area contributed by atoms with Gasteiger partial charge in [-0.3, -0.25) is 4.79 Å². The monoisotopic (exact) mass is 444 g/mol. The second-order valence-electron chi connectivity index (χ2n) is 5.91. The number of rotatable bonds is 7. The molecule has 0 N–H and O–H groups in total. The van der Waals surface area contributed by atoms with Crippen molar-refractivity contribution in [1.29, 1.82) is 0 Å². The summed E-state index contributed by atoms with van der Waals surface area (Å²) in [6.07, 6.45) is -4.86. The fourth-order valence-electron chi connectivity index (χ4n) is 2.00. The van der Waals surface area contributed by atoms with Crippen molar-refractivity contribution in [3.05, 3.63) is 35.4 Å². The number of hydrogen-bond donors (Lipinski definition) is 0. The van der Waals surface area contributed by atoms with Gasteiger partial charge in [-0.05, 0) is 25.0 Å². The summed E-state index contributed by atoms with van der Waals surface area (Å²) in [5.74, 6) is -7.75. The Hall–Kier alpha value is -1.34. The molecule has 1 aromatic carbocycles. The van der Waals surface area contributed by atoms with Crippen LogP contribution in [0, 0.1) is 0 Å². The van der Waals surface area contributed by atoms with Crippen LogP contribution in [0.5, 0.6) is 0 Å². The fourth-order valence-corrected chi connectivity index (χ4v) is 5.90. The summed E-state index contributed by atoms with van der Waals surface area (Å²) in [5, 5.41) is -6.54. The number of carbonyl (C=O) groups is 1. The van der Waals surface area contributed by atoms with E-state index in [0.717, 1.165) is 12.5 Å². The van der Waals surface area contributed by atoms with Crippen LogP contribution in [-0.4, -0.2) is 44.1 Å². The average Bonchev–Trinajstić information content (AvgIpc) is 2.44. The molecule has 0 atom stereocenters. The van der Waals surface area contributed by atoms with E-state index in [2.05, 4.69) is 3.63 Å². The Morgan fingerprint density at radius 1 is 1.00 bits per heavy atom. The molecule has 0 saturated heterocycles. The first-order valence-corrected chi connectivity index (χ1v) is 10.9. The molecule has 0 amide bonds. The topological polar surface area (TPSA) is 60.4 Å². The molecule has 156 valence electrons. The number of halogens is 7. The van der Waals surface area contributed by atoms with Crippen LogP contribution in [0.15, 0.2) is 24.3 Å². The highest BCUT2D eigenvalue weighted by Gasteiger charge is 2.79. The van der Waals surface area contributed by atoms with Gasteiger partial charge in [0.05, 0.1) is 0 Å². The van der Waals surface area contributed by atoms with E-state index in [-0.39, 0.29) is 11.1 Å². The summed E-state index contributed by atoms with van der Waals surface area (Å²) in [6, 6.07) is 5.62. The van der Waals surface area contributed by atoms with Gasteiger partial charge in [0, 0.05) is 11.3 Å². The van der Waals surface area contributed by atoms with Crippen LogP contribution in [0.4, 0.5) is 30.7 Å². The van der Waals surface area contributed by atoms with Crippen molar-refractivity contribution in [2.45, 2.75) is 30.0 Å². The molecule has 1 aromatic rings. The molecule has 0 aliphatic heterocycles. The minimum absolute atomic E-state index is 0.103. The summed E-state index contributed by atoms with van der Waals surface area (Å²) in [4.78, 5) is 11.5. The Balaban J connectivity index is 3.23. The van der Waals surface area contributed by atoms with Gasteiger partial charge >= 0.3 is 27.5 Å². The predicted octanol–water partition coefficient (Wildman–Crippen LogP) is 4.51. The van der Waals surface area contributed by atoms with Gasteiger partial charge in [-0.2, -0.15) is 39.2 Å². The second kappa shape index (κ2) is 7.24. The van der Waals surface area contributed by atoms with Crippen LogP contribution in [0.25, 0.3) is 0 Å². The zero-order chi connectivity index (χ0) is 21.5. The highest BCUT2D eigenvalue weighted by atomic mass is 32.3. The molecule has 0 aromatic heterocycles. The maximum Gasteiger partial charge on any atom is 0.461 e. The second-order valence-corrected chi connectivity index (χ2v) is 11.0. The average molecular weight is 444 g/mol. The van der Waals surface area contributed by atoms with Crippen LogP contribution in [0.2, 0.25) is 0 Å². The van der Waals surface area contributed by atoms with E-state index < -0.39 is 49.3 Å². The maximum absolute atomic E-state index is 13.5. The normalized spacial score (nSPS) is 14.9. The number of alkyl halides is 7. The van der Waals surface area contributed by atoms with E-state index in [1.807, 2.05) is 0 Å². The lowest BCUT2D eigenvalue weighted by molar-refractivity contribution is -0.333. The van der Waals surface area contributed by atoms with Gasteiger partial charge in [-0.25, -0.2) is 3.63 Å². The summed E-state index contributed by atoms with van der Waals surface area (Å²) < 4.78 is 117. The molecule has 0 aliphatic rings. The quantitative estimate of drug-likeness (QED) is 0.459. The number of ketones is 1. The van der Waals surface area contributed by atoms with Gasteiger partial charge in [0.1, 0.15) is 0 Å². The largest absolute Gasteiger partial charge is 0.461 e. The highest BCUT2D eigenvalue weighted by Crippen LogP contribution is 2.54. The van der Waals surface area contributed by atoms with Gasteiger partial charge < -0.3 is 0 Å². The van der Waals surface area contributed by atoms with E-state index >= 15 is 0 Å². The third kappa shape index (κ3) is 4.74. The third-order valence-corrected chi connectivity index (χ3v) is 7.29. The van der Waals surface area contributed by atoms with Crippen molar-refractivity contribution in [3.63, 3.8) is 0 Å². The number of Topliss-reactive ketones (excluding diaryl/α,β-unsaturated/α-hetero) is 1. The molecule has 1 rings (SSSR count). The number of benzene rings is 1. The first kappa shape index (κ1) is 23.7. The van der Waals surface area contributed by atoms with Crippen LogP contribution in [0.3, 0.4) is 0 Å². The molecule has 0 saturated carbocycles. The summed E-state index contributed by atoms with van der Waals surface area (Å²) >= 11 is 0. The summed E-state index contributed by atoms with van der Waals surface area (Å²) in [7, 11) is -9.82. The smallest absolute Gasteiger partial charge is 0.295 e. The lowest BCUT2D eigenvalue weighted by atomic mass is 10.1. The van der Waals surface area contributed by atoms with Crippen LogP contribution >= 0.6 is 10.3 Å². The van der Waals surface area contributed by atoms with E-state index in [9.17, 15) is 43.9 Å². The van der Waals surface area contributed by atoms with Crippen molar-refractivity contribution < 1.29 is 47.6 Å². The van der Waals surface area contributed by atoms with Gasteiger partial charge in [-0.15, -0.1) is 10.3 Å². The van der Waals surface area contributed by atoms with Gasteiger partial charge in [-0.1, -0.05) is 24.3 Å². The molecule has 27 heavy (non-hydrogen) atoms. The molecule has 0 aliphatic carbocycles.